The lowest BCUT2D eigenvalue weighted by Crippen LogP contribution is -2.37. The highest BCUT2D eigenvalue weighted by Gasteiger charge is 2.44. The molecule has 0 amide bonds. The van der Waals surface area contributed by atoms with Crippen molar-refractivity contribution in [1.29, 1.82) is 0 Å². The number of aryl methyl sites for hydroxylation is 2. The Kier molecular flexibility index (Phi) is 5.72. The molecule has 0 spiro atoms. The summed E-state index contributed by atoms with van der Waals surface area (Å²) in [4.78, 5) is 4.95. The molecule has 8 rings (SSSR count). The van der Waals surface area contributed by atoms with Gasteiger partial charge in [-0.1, -0.05) is 102 Å². The highest BCUT2D eigenvalue weighted by atomic mass is 14.7. The zero-order chi connectivity index (χ0) is 29.7. The van der Waals surface area contributed by atoms with Crippen LogP contribution in [0.3, 0.4) is 0 Å². The first-order valence-electron chi connectivity index (χ1n) is 16.4. The van der Waals surface area contributed by atoms with Crippen LogP contribution >= 0.6 is 0 Å². The molecule has 4 aromatic rings. The molecule has 0 unspecified atom stereocenters. The molecule has 4 aliphatic carbocycles. The van der Waals surface area contributed by atoms with E-state index >= 15 is 0 Å². The van der Waals surface area contributed by atoms with Crippen LogP contribution in [-0.2, 0) is 29.1 Å². The number of benzene rings is 3. The molecule has 216 valence electrons. The number of aromatic nitrogens is 1. The molecule has 0 radical (unpaired) electrons. The van der Waals surface area contributed by atoms with E-state index in [1.54, 1.807) is 5.57 Å². The fourth-order valence-corrected chi connectivity index (χ4v) is 8.91. The van der Waals surface area contributed by atoms with Gasteiger partial charge in [-0.15, -0.1) is 0 Å². The summed E-state index contributed by atoms with van der Waals surface area (Å²) in [6.07, 6.45) is 11.9. The number of allylic oxidation sites excluding steroid dienone is 4. The largest absolute Gasteiger partial charge is 0.256 e. The topological polar surface area (TPSA) is 12.9 Å². The third-order valence-corrected chi connectivity index (χ3v) is 11.6. The highest BCUT2D eigenvalue weighted by molar-refractivity contribution is 5.84. The summed E-state index contributed by atoms with van der Waals surface area (Å²) in [6, 6.07) is 25.8. The van der Waals surface area contributed by atoms with Gasteiger partial charge in [0.15, 0.2) is 0 Å². The van der Waals surface area contributed by atoms with Crippen LogP contribution in [0.2, 0.25) is 0 Å². The second-order valence-electron chi connectivity index (χ2n) is 15.0. The Balaban J connectivity index is 1.19. The summed E-state index contributed by atoms with van der Waals surface area (Å²) in [5.74, 6) is 0. The second kappa shape index (κ2) is 9.15. The third-order valence-electron chi connectivity index (χ3n) is 11.6. The maximum absolute atomic E-state index is 4.95. The molecule has 0 N–H and O–H groups in total. The molecule has 4 aliphatic rings. The summed E-state index contributed by atoms with van der Waals surface area (Å²) in [5, 5.41) is 0. The molecular weight excluding hydrogens is 518 g/mol. The summed E-state index contributed by atoms with van der Waals surface area (Å²) in [5.41, 5.74) is 19.9. The second-order valence-corrected chi connectivity index (χ2v) is 15.0. The average Bonchev–Trinajstić information content (AvgIpc) is 3.25. The minimum Gasteiger partial charge on any atom is -0.256 e. The van der Waals surface area contributed by atoms with E-state index in [9.17, 15) is 0 Å². The van der Waals surface area contributed by atoms with Crippen molar-refractivity contribution >= 4 is 5.57 Å². The van der Waals surface area contributed by atoms with Crippen molar-refractivity contribution in [2.45, 2.75) is 96.3 Å². The molecule has 0 bridgehead atoms. The maximum atomic E-state index is 4.95. The molecule has 0 fully saturated rings. The van der Waals surface area contributed by atoms with Crippen molar-refractivity contribution in [3.63, 3.8) is 0 Å². The SMILES string of the molecule is CC1(C)C2=C(CCC(c3ccc4c(c3)C(C)(C)c3ccccc3-4)=C2)C(C)(C)c2cc(-c3cc4c(cn3)CCCC4)ccc21. The van der Waals surface area contributed by atoms with Crippen LogP contribution in [0.4, 0.5) is 0 Å². The maximum Gasteiger partial charge on any atom is 0.0705 e. The van der Waals surface area contributed by atoms with E-state index < -0.39 is 0 Å². The first-order valence-corrected chi connectivity index (χ1v) is 16.4. The fraction of sp³-hybridized carbons (Fsp3) is 0.357. The molecule has 1 aromatic heterocycles. The van der Waals surface area contributed by atoms with Gasteiger partial charge in [0, 0.05) is 28.0 Å². The van der Waals surface area contributed by atoms with Crippen LogP contribution in [0, 0.1) is 0 Å². The van der Waals surface area contributed by atoms with Crippen molar-refractivity contribution in [2.24, 2.45) is 0 Å². The molecule has 1 nitrogen and oxygen atoms in total. The Morgan fingerprint density at radius 1 is 0.558 bits per heavy atom. The number of hydrogen-bond acceptors (Lipinski definition) is 1. The van der Waals surface area contributed by atoms with Gasteiger partial charge in [-0.25, -0.2) is 0 Å². The van der Waals surface area contributed by atoms with Crippen LogP contribution < -0.4 is 0 Å². The van der Waals surface area contributed by atoms with Crippen molar-refractivity contribution in [2.75, 3.05) is 0 Å². The summed E-state index contributed by atoms with van der Waals surface area (Å²) >= 11 is 0. The number of rotatable bonds is 2. The minimum absolute atomic E-state index is 0.0198. The van der Waals surface area contributed by atoms with Crippen molar-refractivity contribution in [3.05, 3.63) is 129 Å². The van der Waals surface area contributed by atoms with Crippen molar-refractivity contribution in [1.82, 2.24) is 4.98 Å². The summed E-state index contributed by atoms with van der Waals surface area (Å²) in [7, 11) is 0. The minimum atomic E-state index is -0.0557. The average molecular weight is 562 g/mol. The van der Waals surface area contributed by atoms with Gasteiger partial charge in [0.2, 0.25) is 0 Å². The van der Waals surface area contributed by atoms with Gasteiger partial charge in [-0.3, -0.25) is 4.98 Å². The van der Waals surface area contributed by atoms with Gasteiger partial charge in [0.05, 0.1) is 5.69 Å². The predicted molar refractivity (Wildman–Crippen MR) is 181 cm³/mol. The van der Waals surface area contributed by atoms with Gasteiger partial charge in [-0.2, -0.15) is 0 Å². The molecule has 1 heterocycles. The normalized spacial score (nSPS) is 20.4. The lowest BCUT2D eigenvalue weighted by Gasteiger charge is -2.47. The van der Waals surface area contributed by atoms with Gasteiger partial charge in [0.1, 0.15) is 0 Å². The molecule has 0 aliphatic heterocycles. The summed E-state index contributed by atoms with van der Waals surface area (Å²) in [6.45, 7) is 14.6. The van der Waals surface area contributed by atoms with E-state index in [1.165, 1.54) is 92.5 Å². The molecule has 0 saturated heterocycles. The van der Waals surface area contributed by atoms with Crippen LogP contribution in [0.25, 0.3) is 28.0 Å². The van der Waals surface area contributed by atoms with E-state index in [4.69, 9.17) is 4.98 Å². The first kappa shape index (κ1) is 26.9. The van der Waals surface area contributed by atoms with Crippen molar-refractivity contribution < 1.29 is 0 Å². The van der Waals surface area contributed by atoms with Gasteiger partial charge in [-0.05, 0) is 118 Å². The van der Waals surface area contributed by atoms with Crippen LogP contribution in [0.1, 0.15) is 106 Å². The highest BCUT2D eigenvalue weighted by Crippen LogP contribution is 2.55. The smallest absolute Gasteiger partial charge is 0.0705 e. The van der Waals surface area contributed by atoms with E-state index in [2.05, 4.69) is 121 Å². The van der Waals surface area contributed by atoms with Crippen LogP contribution in [0.15, 0.2) is 90.1 Å². The number of hydrogen-bond donors (Lipinski definition) is 0. The lowest BCUT2D eigenvalue weighted by atomic mass is 9.57. The van der Waals surface area contributed by atoms with Gasteiger partial charge >= 0.3 is 0 Å². The molecule has 0 atom stereocenters. The Morgan fingerprint density at radius 3 is 2.12 bits per heavy atom. The third kappa shape index (κ3) is 3.86. The van der Waals surface area contributed by atoms with Crippen LogP contribution in [0.5, 0.6) is 0 Å². The van der Waals surface area contributed by atoms with E-state index in [1.807, 2.05) is 0 Å². The Labute approximate surface area is 257 Å². The van der Waals surface area contributed by atoms with Gasteiger partial charge < -0.3 is 0 Å². The number of nitrogens with zero attached hydrogens (tertiary/aromatic N) is 1. The van der Waals surface area contributed by atoms with E-state index in [-0.39, 0.29) is 16.2 Å². The Morgan fingerprint density at radius 2 is 1.28 bits per heavy atom. The van der Waals surface area contributed by atoms with E-state index in [0.29, 0.717) is 0 Å². The Hall–Kier alpha value is -3.71. The molecular formula is C42H43N. The van der Waals surface area contributed by atoms with Crippen LogP contribution in [-0.4, -0.2) is 4.98 Å². The fourth-order valence-electron chi connectivity index (χ4n) is 8.91. The zero-order valence-electron chi connectivity index (χ0n) is 26.7. The first-order chi connectivity index (χ1) is 20.6. The summed E-state index contributed by atoms with van der Waals surface area (Å²) < 4.78 is 0. The number of pyridine rings is 1. The van der Waals surface area contributed by atoms with E-state index in [0.717, 1.165) is 18.5 Å². The zero-order valence-corrected chi connectivity index (χ0v) is 26.7. The quantitative estimate of drug-likeness (QED) is 0.237. The standard InChI is InChI=1S/C42H43N/c1-40(2)33-14-10-9-13-31(33)32-18-15-27(21-36(32)40)28-16-19-34-37(22-28)41(3,4)35-20-17-29(23-38(35)42(34,5)6)39-24-26-11-7-8-12-30(26)25-43-39/h9-10,13-15,17-18,20-25H,7-8,11-12,16,19H2,1-6H3. The molecule has 0 saturated carbocycles. The molecule has 43 heavy (non-hydrogen) atoms. The predicted octanol–water partition coefficient (Wildman–Crippen LogP) is 10.7. The Bertz CT molecular complexity index is 1890. The number of fused-ring (bicyclic) bond motifs is 5. The molecule has 3 aromatic carbocycles. The lowest BCUT2D eigenvalue weighted by molar-refractivity contribution is 0.493. The molecule has 1 heteroatoms. The van der Waals surface area contributed by atoms with Gasteiger partial charge in [0.25, 0.3) is 0 Å². The van der Waals surface area contributed by atoms with Crippen molar-refractivity contribution in [3.8, 4) is 22.4 Å². The monoisotopic (exact) mass is 561 g/mol.